The van der Waals surface area contributed by atoms with E-state index in [1.165, 1.54) is 24.3 Å². The molecule has 0 saturated heterocycles. The van der Waals surface area contributed by atoms with Crippen LogP contribution in [0, 0.1) is 5.41 Å². The third-order valence-corrected chi connectivity index (χ3v) is 4.66. The first kappa shape index (κ1) is 17.6. The van der Waals surface area contributed by atoms with Gasteiger partial charge >= 0.3 is 5.97 Å². The molecule has 21 heavy (non-hydrogen) atoms. The molecular weight excluding hydrogens is 294 g/mol. The maximum Gasteiger partial charge on any atom is 0.335 e. The van der Waals surface area contributed by atoms with Gasteiger partial charge in [0.2, 0.25) is 10.0 Å². The molecule has 1 atom stereocenters. The van der Waals surface area contributed by atoms with Crippen LogP contribution in [0.1, 0.15) is 37.6 Å². The van der Waals surface area contributed by atoms with Crippen LogP contribution in [0.4, 0.5) is 0 Å². The zero-order valence-corrected chi connectivity index (χ0v) is 13.1. The van der Waals surface area contributed by atoms with Crippen molar-refractivity contribution in [3.8, 4) is 0 Å². The van der Waals surface area contributed by atoms with Crippen molar-refractivity contribution >= 4 is 16.0 Å². The summed E-state index contributed by atoms with van der Waals surface area (Å²) in [6, 6.07) is 4.57. The fraction of sp³-hybridized carbons (Fsp3) is 0.500. The number of hydrogen-bond acceptors (Lipinski definition) is 4. The highest BCUT2D eigenvalue weighted by atomic mass is 32.2. The SMILES string of the molecule is CC(C)(C)C(CCO)NS(=O)(=O)c1ccc(C(=O)O)cc1. The van der Waals surface area contributed by atoms with E-state index in [0.29, 0.717) is 6.42 Å². The molecule has 1 aromatic rings. The third-order valence-electron chi connectivity index (χ3n) is 3.17. The van der Waals surface area contributed by atoms with Gasteiger partial charge in [-0.3, -0.25) is 0 Å². The predicted molar refractivity (Wildman–Crippen MR) is 78.7 cm³/mol. The number of carboxylic acid groups (broad SMARTS) is 1. The van der Waals surface area contributed by atoms with Crippen molar-refractivity contribution in [2.45, 2.75) is 38.1 Å². The van der Waals surface area contributed by atoms with Gasteiger partial charge in [-0.25, -0.2) is 17.9 Å². The average Bonchev–Trinajstić information content (AvgIpc) is 2.37. The Kier molecular flexibility index (Phi) is 5.49. The number of aliphatic hydroxyl groups excluding tert-OH is 1. The van der Waals surface area contributed by atoms with Crippen LogP contribution in [0.2, 0.25) is 0 Å². The van der Waals surface area contributed by atoms with Crippen LogP contribution < -0.4 is 4.72 Å². The molecule has 0 heterocycles. The van der Waals surface area contributed by atoms with Gasteiger partial charge in [-0.2, -0.15) is 0 Å². The van der Waals surface area contributed by atoms with E-state index < -0.39 is 22.0 Å². The second-order valence-electron chi connectivity index (χ2n) is 5.88. The number of sulfonamides is 1. The van der Waals surface area contributed by atoms with Crippen molar-refractivity contribution < 1.29 is 23.4 Å². The lowest BCUT2D eigenvalue weighted by Crippen LogP contribution is -2.44. The number of rotatable bonds is 6. The summed E-state index contributed by atoms with van der Waals surface area (Å²) in [4.78, 5) is 10.8. The van der Waals surface area contributed by atoms with Crippen LogP contribution >= 0.6 is 0 Å². The summed E-state index contributed by atoms with van der Waals surface area (Å²) in [5.41, 5.74) is -0.326. The van der Waals surface area contributed by atoms with Gasteiger partial charge in [0.1, 0.15) is 0 Å². The molecule has 6 nitrogen and oxygen atoms in total. The summed E-state index contributed by atoms with van der Waals surface area (Å²) in [5.74, 6) is -1.11. The number of nitrogens with one attached hydrogen (secondary N) is 1. The van der Waals surface area contributed by atoms with Gasteiger partial charge < -0.3 is 10.2 Å². The van der Waals surface area contributed by atoms with Gasteiger partial charge in [0.15, 0.2) is 0 Å². The largest absolute Gasteiger partial charge is 0.478 e. The Morgan fingerprint density at radius 3 is 2.14 bits per heavy atom. The summed E-state index contributed by atoms with van der Waals surface area (Å²) in [6.07, 6.45) is 0.302. The molecule has 0 fully saturated rings. The van der Waals surface area contributed by atoms with Crippen molar-refractivity contribution in [1.29, 1.82) is 0 Å². The quantitative estimate of drug-likeness (QED) is 0.737. The summed E-state index contributed by atoms with van der Waals surface area (Å²) < 4.78 is 27.2. The second-order valence-corrected chi connectivity index (χ2v) is 7.60. The molecule has 0 spiro atoms. The number of hydrogen-bond donors (Lipinski definition) is 3. The highest BCUT2D eigenvalue weighted by Crippen LogP contribution is 2.23. The number of carbonyl (C=O) groups is 1. The average molecular weight is 315 g/mol. The first-order chi connectivity index (χ1) is 9.58. The molecule has 3 N–H and O–H groups in total. The molecule has 0 aromatic heterocycles. The Bertz CT molecular complexity index is 587. The summed E-state index contributed by atoms with van der Waals surface area (Å²) in [6.45, 7) is 5.51. The molecule has 0 radical (unpaired) electrons. The maximum absolute atomic E-state index is 12.3. The minimum Gasteiger partial charge on any atom is -0.478 e. The highest BCUT2D eigenvalue weighted by molar-refractivity contribution is 7.89. The van der Waals surface area contributed by atoms with Crippen molar-refractivity contribution in [3.05, 3.63) is 29.8 Å². The van der Waals surface area contributed by atoms with Gasteiger partial charge in [-0.1, -0.05) is 20.8 Å². The van der Waals surface area contributed by atoms with Crippen LogP contribution in [-0.2, 0) is 10.0 Å². The van der Waals surface area contributed by atoms with E-state index in [0.717, 1.165) is 0 Å². The third kappa shape index (κ3) is 4.80. The van der Waals surface area contributed by atoms with E-state index in [-0.39, 0.29) is 22.5 Å². The van der Waals surface area contributed by atoms with Crippen LogP contribution in [0.15, 0.2) is 29.2 Å². The maximum atomic E-state index is 12.3. The first-order valence-corrected chi connectivity index (χ1v) is 8.03. The van der Waals surface area contributed by atoms with Crippen LogP contribution in [0.3, 0.4) is 0 Å². The fourth-order valence-electron chi connectivity index (χ4n) is 1.83. The molecule has 0 amide bonds. The smallest absolute Gasteiger partial charge is 0.335 e. The lowest BCUT2D eigenvalue weighted by Gasteiger charge is -2.30. The molecule has 118 valence electrons. The molecule has 7 heteroatoms. The lowest BCUT2D eigenvalue weighted by atomic mass is 9.86. The van der Waals surface area contributed by atoms with Crippen LogP contribution in [0.25, 0.3) is 0 Å². The van der Waals surface area contributed by atoms with Crippen molar-refractivity contribution in [3.63, 3.8) is 0 Å². The van der Waals surface area contributed by atoms with E-state index in [1.54, 1.807) is 0 Å². The Balaban J connectivity index is 3.02. The number of benzene rings is 1. The standard InChI is InChI=1S/C14H21NO5S/c1-14(2,3)12(8-9-16)15-21(19,20)11-6-4-10(5-7-11)13(17)18/h4-7,12,15-16H,8-9H2,1-3H3,(H,17,18). The Labute approximate surface area is 124 Å². The zero-order chi connectivity index (χ0) is 16.3. The monoisotopic (exact) mass is 315 g/mol. The predicted octanol–water partition coefficient (Wildman–Crippen LogP) is 1.46. The topological polar surface area (TPSA) is 104 Å². The Hall–Kier alpha value is -1.44. The van der Waals surface area contributed by atoms with Gasteiger partial charge in [0.25, 0.3) is 0 Å². The van der Waals surface area contributed by atoms with Gasteiger partial charge in [-0.05, 0) is 36.1 Å². The normalized spacial score (nSPS) is 13.9. The van der Waals surface area contributed by atoms with Gasteiger partial charge in [-0.15, -0.1) is 0 Å². The lowest BCUT2D eigenvalue weighted by molar-refractivity contribution is 0.0696. The van der Waals surface area contributed by atoms with E-state index in [9.17, 15) is 13.2 Å². The molecular formula is C14H21NO5S. The van der Waals surface area contributed by atoms with E-state index >= 15 is 0 Å². The minimum absolute atomic E-state index is 0.000287. The van der Waals surface area contributed by atoms with E-state index in [1.807, 2.05) is 20.8 Å². The molecule has 1 rings (SSSR count). The van der Waals surface area contributed by atoms with Crippen molar-refractivity contribution in [2.24, 2.45) is 5.41 Å². The van der Waals surface area contributed by atoms with Crippen LogP contribution in [-0.4, -0.2) is 37.2 Å². The molecule has 0 aliphatic heterocycles. The molecule has 1 unspecified atom stereocenters. The number of aliphatic hydroxyl groups is 1. The number of carboxylic acids is 1. The zero-order valence-electron chi connectivity index (χ0n) is 12.3. The summed E-state index contributed by atoms with van der Waals surface area (Å²) in [7, 11) is -3.76. The first-order valence-electron chi connectivity index (χ1n) is 6.54. The molecule has 0 saturated carbocycles. The van der Waals surface area contributed by atoms with E-state index in [4.69, 9.17) is 10.2 Å². The van der Waals surface area contributed by atoms with Crippen molar-refractivity contribution in [1.82, 2.24) is 4.72 Å². The molecule has 1 aromatic carbocycles. The van der Waals surface area contributed by atoms with Crippen molar-refractivity contribution in [2.75, 3.05) is 6.61 Å². The van der Waals surface area contributed by atoms with Gasteiger partial charge in [0, 0.05) is 12.6 Å². The minimum atomic E-state index is -3.76. The Morgan fingerprint density at radius 2 is 1.76 bits per heavy atom. The van der Waals surface area contributed by atoms with Crippen LogP contribution in [0.5, 0.6) is 0 Å². The molecule has 0 aliphatic rings. The summed E-state index contributed by atoms with van der Waals surface area (Å²) in [5, 5.41) is 17.9. The molecule has 0 aliphatic carbocycles. The fourth-order valence-corrected chi connectivity index (χ4v) is 3.31. The summed E-state index contributed by atoms with van der Waals surface area (Å²) >= 11 is 0. The van der Waals surface area contributed by atoms with E-state index in [2.05, 4.69) is 4.72 Å². The number of aromatic carboxylic acids is 1. The Morgan fingerprint density at radius 1 is 1.24 bits per heavy atom. The van der Waals surface area contributed by atoms with Gasteiger partial charge in [0.05, 0.1) is 10.5 Å². The molecule has 0 bridgehead atoms. The highest BCUT2D eigenvalue weighted by Gasteiger charge is 2.29. The second kappa shape index (κ2) is 6.55.